The number of aromatic nitrogens is 1. The molecule has 2 N–H and O–H groups in total. The zero-order chi connectivity index (χ0) is 26.8. The summed E-state index contributed by atoms with van der Waals surface area (Å²) < 4.78 is 0. The number of nitrogens with zero attached hydrogens (tertiary/aromatic N) is 2. The molecular weight excluding hydrogens is 492 g/mol. The average molecular weight is 521 g/mol. The molecule has 0 fully saturated rings. The maximum Gasteiger partial charge on any atom is 0.270 e. The molecular formula is C28H29ClN4O4. The molecule has 0 saturated heterocycles. The fourth-order valence-electron chi connectivity index (χ4n) is 4.02. The highest BCUT2D eigenvalue weighted by molar-refractivity contribution is 6.33. The summed E-state index contributed by atoms with van der Waals surface area (Å²) >= 11 is 6.31. The second-order valence-corrected chi connectivity index (χ2v) is 8.95. The van der Waals surface area contributed by atoms with E-state index in [0.29, 0.717) is 34.7 Å². The minimum Gasteiger partial charge on any atom is -0.358 e. The normalized spacial score (nSPS) is 11.6. The van der Waals surface area contributed by atoms with Crippen LogP contribution in [0.25, 0.3) is 11.1 Å². The lowest BCUT2D eigenvalue weighted by Gasteiger charge is -2.27. The van der Waals surface area contributed by atoms with Gasteiger partial charge in [-0.05, 0) is 36.2 Å². The average Bonchev–Trinajstić information content (AvgIpc) is 2.92. The molecule has 0 aliphatic carbocycles. The monoisotopic (exact) mass is 520 g/mol. The number of hydrogen-bond donors (Lipinski definition) is 2. The maximum absolute atomic E-state index is 12.8. The van der Waals surface area contributed by atoms with E-state index in [2.05, 4.69) is 15.6 Å². The largest absolute Gasteiger partial charge is 0.358 e. The third-order valence-corrected chi connectivity index (χ3v) is 6.32. The summed E-state index contributed by atoms with van der Waals surface area (Å²) in [6.45, 7) is 0.523. The molecule has 1 unspecified atom stereocenters. The van der Waals surface area contributed by atoms with Gasteiger partial charge in [-0.1, -0.05) is 60.1 Å². The first kappa shape index (κ1) is 27.7. The number of amides is 2. The quantitative estimate of drug-likeness (QED) is 0.353. The molecule has 9 heteroatoms. The highest BCUT2D eigenvalue weighted by atomic mass is 35.5. The number of nitrogens with one attached hydrogen (secondary N) is 2. The van der Waals surface area contributed by atoms with Crippen LogP contribution in [0.2, 0.25) is 5.02 Å². The molecule has 0 aliphatic heterocycles. The number of aldehydes is 2. The smallest absolute Gasteiger partial charge is 0.270 e. The van der Waals surface area contributed by atoms with E-state index in [1.165, 1.54) is 6.20 Å². The van der Waals surface area contributed by atoms with E-state index in [-0.39, 0.29) is 30.5 Å². The van der Waals surface area contributed by atoms with E-state index in [1.54, 1.807) is 37.2 Å². The highest BCUT2D eigenvalue weighted by Gasteiger charge is 2.23. The van der Waals surface area contributed by atoms with Crippen LogP contribution in [0.4, 0.5) is 0 Å². The molecule has 8 nitrogen and oxygen atoms in total. The zero-order valence-corrected chi connectivity index (χ0v) is 21.5. The zero-order valence-electron chi connectivity index (χ0n) is 20.7. The van der Waals surface area contributed by atoms with Crippen molar-refractivity contribution in [1.29, 1.82) is 0 Å². The van der Waals surface area contributed by atoms with E-state index in [0.717, 1.165) is 23.7 Å². The molecule has 0 spiro atoms. The third kappa shape index (κ3) is 7.31. The van der Waals surface area contributed by atoms with Crippen LogP contribution in [0.3, 0.4) is 0 Å². The molecule has 1 heterocycles. The van der Waals surface area contributed by atoms with Gasteiger partial charge in [-0.2, -0.15) is 0 Å². The summed E-state index contributed by atoms with van der Waals surface area (Å²) in [5, 5.41) is 5.93. The molecule has 3 rings (SSSR count). The van der Waals surface area contributed by atoms with Gasteiger partial charge in [-0.3, -0.25) is 19.3 Å². The van der Waals surface area contributed by atoms with Crippen molar-refractivity contribution < 1.29 is 19.2 Å². The van der Waals surface area contributed by atoms with Gasteiger partial charge in [0.15, 0.2) is 0 Å². The van der Waals surface area contributed by atoms with Gasteiger partial charge in [0, 0.05) is 43.9 Å². The molecule has 2 amide bonds. The first-order chi connectivity index (χ1) is 17.9. The van der Waals surface area contributed by atoms with E-state index in [9.17, 15) is 19.2 Å². The third-order valence-electron chi connectivity index (χ3n) is 6.02. The van der Waals surface area contributed by atoms with Crippen LogP contribution in [-0.4, -0.2) is 54.4 Å². The van der Waals surface area contributed by atoms with Crippen molar-refractivity contribution in [3.8, 4) is 11.1 Å². The summed E-state index contributed by atoms with van der Waals surface area (Å²) in [4.78, 5) is 53.6. The first-order valence-corrected chi connectivity index (χ1v) is 12.2. The first-order valence-electron chi connectivity index (χ1n) is 11.8. The molecule has 192 valence electrons. The lowest BCUT2D eigenvalue weighted by Crippen LogP contribution is -2.43. The minimum atomic E-state index is -0.521. The lowest BCUT2D eigenvalue weighted by molar-refractivity contribution is -0.126. The molecule has 2 aromatic carbocycles. The minimum absolute atomic E-state index is 0.203. The van der Waals surface area contributed by atoms with E-state index < -0.39 is 6.04 Å². The Morgan fingerprint density at radius 3 is 2.54 bits per heavy atom. The standard InChI is InChI=1S/C28H29ClN4O4/c1-30-28(37)26(9-6-12-34)33(2)17-22-13-19(10-11-21(22)18-35)15-32-27(36)25-14-23(24(29)16-31-25)20-7-4-3-5-8-20/h3-5,7-8,10-14,16,18,26H,6,9,15,17H2,1-2H3,(H,30,37)(H,32,36). The summed E-state index contributed by atoms with van der Waals surface area (Å²) in [7, 11) is 3.31. The highest BCUT2D eigenvalue weighted by Crippen LogP contribution is 2.27. The van der Waals surface area contributed by atoms with Crippen LogP contribution in [0, 0.1) is 0 Å². The summed E-state index contributed by atoms with van der Waals surface area (Å²) in [6, 6.07) is 15.9. The van der Waals surface area contributed by atoms with Crippen molar-refractivity contribution in [2.24, 2.45) is 0 Å². The Labute approximate surface area is 221 Å². The number of benzene rings is 2. The SMILES string of the molecule is CNC(=O)C(CCC=O)N(C)Cc1cc(CNC(=O)c2cc(-c3ccccc3)c(Cl)cn2)ccc1C=O. The number of carbonyl (C=O) groups excluding carboxylic acids is 4. The number of hydrogen-bond acceptors (Lipinski definition) is 6. The van der Waals surface area contributed by atoms with Gasteiger partial charge in [0.1, 0.15) is 18.3 Å². The van der Waals surface area contributed by atoms with Crippen molar-refractivity contribution in [3.05, 3.63) is 88.2 Å². The lowest BCUT2D eigenvalue weighted by atomic mass is 10.0. The van der Waals surface area contributed by atoms with Gasteiger partial charge in [-0.15, -0.1) is 0 Å². The Kier molecular flexibility index (Phi) is 10.1. The van der Waals surface area contributed by atoms with Crippen LogP contribution in [0.1, 0.15) is 44.8 Å². The fourth-order valence-corrected chi connectivity index (χ4v) is 4.23. The van der Waals surface area contributed by atoms with E-state index >= 15 is 0 Å². The van der Waals surface area contributed by atoms with Gasteiger partial charge in [0.2, 0.25) is 5.91 Å². The van der Waals surface area contributed by atoms with E-state index in [4.69, 9.17) is 11.6 Å². The Morgan fingerprint density at radius 1 is 1.11 bits per heavy atom. The summed E-state index contributed by atoms with van der Waals surface area (Å²) in [6.07, 6.45) is 3.61. The number of halogens is 1. The van der Waals surface area contributed by atoms with Crippen LogP contribution in [0.15, 0.2) is 60.8 Å². The topological polar surface area (TPSA) is 108 Å². The Bertz CT molecular complexity index is 1270. The maximum atomic E-state index is 12.8. The Hall–Kier alpha value is -3.88. The fraction of sp³-hybridized carbons (Fsp3) is 0.250. The van der Waals surface area contributed by atoms with Crippen molar-refractivity contribution in [3.63, 3.8) is 0 Å². The van der Waals surface area contributed by atoms with Crippen molar-refractivity contribution >= 4 is 36.0 Å². The summed E-state index contributed by atoms with van der Waals surface area (Å²) in [5.74, 6) is -0.564. The van der Waals surface area contributed by atoms with Gasteiger partial charge in [0.05, 0.1) is 11.1 Å². The molecule has 0 radical (unpaired) electrons. The molecule has 0 bridgehead atoms. The molecule has 37 heavy (non-hydrogen) atoms. The predicted molar refractivity (Wildman–Crippen MR) is 142 cm³/mol. The second-order valence-electron chi connectivity index (χ2n) is 8.54. The van der Waals surface area contributed by atoms with Gasteiger partial charge in [0.25, 0.3) is 5.91 Å². The number of pyridine rings is 1. The number of likely N-dealkylation sites (N-methyl/N-ethyl adjacent to an activating group) is 2. The van der Waals surface area contributed by atoms with Crippen molar-refractivity contribution in [2.45, 2.75) is 32.0 Å². The molecule has 3 aromatic rings. The predicted octanol–water partition coefficient (Wildman–Crippen LogP) is 3.67. The molecule has 0 saturated carbocycles. The number of carbonyl (C=O) groups is 4. The van der Waals surface area contributed by atoms with Crippen LogP contribution in [-0.2, 0) is 22.7 Å². The molecule has 0 aliphatic rings. The Morgan fingerprint density at radius 2 is 1.86 bits per heavy atom. The number of rotatable bonds is 12. The van der Waals surface area contributed by atoms with Crippen LogP contribution in [0.5, 0.6) is 0 Å². The molecule has 1 atom stereocenters. The Balaban J connectivity index is 1.74. The van der Waals surface area contributed by atoms with Crippen molar-refractivity contribution in [2.75, 3.05) is 14.1 Å². The van der Waals surface area contributed by atoms with Crippen molar-refractivity contribution in [1.82, 2.24) is 20.5 Å². The van der Waals surface area contributed by atoms with Gasteiger partial charge < -0.3 is 15.4 Å². The molecule has 1 aromatic heterocycles. The van der Waals surface area contributed by atoms with Crippen LogP contribution >= 0.6 is 11.6 Å². The van der Waals surface area contributed by atoms with Crippen LogP contribution < -0.4 is 10.6 Å². The van der Waals surface area contributed by atoms with Gasteiger partial charge in [-0.25, -0.2) is 4.98 Å². The second kappa shape index (κ2) is 13.4. The summed E-state index contributed by atoms with van der Waals surface area (Å²) in [5.41, 5.74) is 3.80. The van der Waals surface area contributed by atoms with Gasteiger partial charge >= 0.3 is 0 Å². The van der Waals surface area contributed by atoms with E-state index in [1.807, 2.05) is 36.4 Å².